The fourth-order valence-electron chi connectivity index (χ4n) is 3.05. The Balaban J connectivity index is 1.67. The molecule has 1 saturated heterocycles. The van der Waals surface area contributed by atoms with Crippen molar-refractivity contribution >= 4 is 17.1 Å². The zero-order valence-electron chi connectivity index (χ0n) is 13.5. The van der Waals surface area contributed by atoms with Gasteiger partial charge in [0, 0.05) is 30.9 Å². The van der Waals surface area contributed by atoms with Gasteiger partial charge in [-0.3, -0.25) is 10.1 Å². The Morgan fingerprint density at radius 2 is 1.88 bits per heavy atom. The molecule has 0 aliphatic carbocycles. The second kappa shape index (κ2) is 7.18. The molecule has 0 radical (unpaired) electrons. The van der Waals surface area contributed by atoms with Crippen molar-refractivity contribution in [1.29, 1.82) is 5.26 Å². The van der Waals surface area contributed by atoms with Crippen LogP contribution in [0.5, 0.6) is 0 Å². The predicted molar refractivity (Wildman–Crippen MR) is 93.1 cm³/mol. The summed E-state index contributed by atoms with van der Waals surface area (Å²) in [6.45, 7) is 1.34. The number of anilines is 2. The standard InChI is InChI=1S/C18H17FN4O2/c19-14-2-4-15(5-3-14)21-16-7-9-22(10-8-16)17-6-1-13(12-20)11-18(17)23(24)25/h1-6,11,16,21H,7-10H2. The fourth-order valence-corrected chi connectivity index (χ4v) is 3.05. The van der Waals surface area contributed by atoms with Crippen molar-refractivity contribution in [1.82, 2.24) is 0 Å². The van der Waals surface area contributed by atoms with Crippen molar-refractivity contribution in [2.75, 3.05) is 23.3 Å². The second-order valence-corrected chi connectivity index (χ2v) is 5.98. The van der Waals surface area contributed by atoms with Crippen LogP contribution in [0.3, 0.4) is 0 Å². The number of halogens is 1. The van der Waals surface area contributed by atoms with Crippen molar-refractivity contribution < 1.29 is 9.31 Å². The van der Waals surface area contributed by atoms with E-state index >= 15 is 0 Å². The lowest BCUT2D eigenvalue weighted by molar-refractivity contribution is -0.384. The van der Waals surface area contributed by atoms with Gasteiger partial charge in [-0.15, -0.1) is 0 Å². The van der Waals surface area contributed by atoms with Crippen LogP contribution < -0.4 is 10.2 Å². The molecule has 0 unspecified atom stereocenters. The van der Waals surface area contributed by atoms with Crippen molar-refractivity contribution in [2.45, 2.75) is 18.9 Å². The summed E-state index contributed by atoms with van der Waals surface area (Å²) in [6.07, 6.45) is 1.63. The highest BCUT2D eigenvalue weighted by atomic mass is 19.1. The van der Waals surface area contributed by atoms with E-state index in [1.807, 2.05) is 11.0 Å². The third-order valence-corrected chi connectivity index (χ3v) is 4.35. The maximum Gasteiger partial charge on any atom is 0.293 e. The highest BCUT2D eigenvalue weighted by Gasteiger charge is 2.25. The van der Waals surface area contributed by atoms with Crippen LogP contribution in [-0.2, 0) is 0 Å². The van der Waals surface area contributed by atoms with Crippen LogP contribution in [0.1, 0.15) is 18.4 Å². The smallest absolute Gasteiger partial charge is 0.293 e. The van der Waals surface area contributed by atoms with Crippen molar-refractivity contribution in [3.63, 3.8) is 0 Å². The third-order valence-electron chi connectivity index (χ3n) is 4.35. The summed E-state index contributed by atoms with van der Waals surface area (Å²) in [5.41, 5.74) is 1.65. The lowest BCUT2D eigenvalue weighted by Gasteiger charge is -2.34. The molecule has 1 aliphatic rings. The minimum absolute atomic E-state index is 0.0380. The fraction of sp³-hybridized carbons (Fsp3) is 0.278. The zero-order chi connectivity index (χ0) is 17.8. The molecule has 0 aromatic heterocycles. The van der Waals surface area contributed by atoms with E-state index in [1.165, 1.54) is 18.2 Å². The van der Waals surface area contributed by atoms with Crippen molar-refractivity contribution in [3.05, 3.63) is 64.0 Å². The van der Waals surface area contributed by atoms with Crippen LogP contribution in [0.2, 0.25) is 0 Å². The second-order valence-electron chi connectivity index (χ2n) is 5.98. The van der Waals surface area contributed by atoms with E-state index in [2.05, 4.69) is 5.32 Å². The monoisotopic (exact) mass is 340 g/mol. The van der Waals surface area contributed by atoms with Gasteiger partial charge in [0.2, 0.25) is 0 Å². The number of nitrogens with zero attached hydrogens (tertiary/aromatic N) is 3. The Morgan fingerprint density at radius 3 is 2.48 bits per heavy atom. The van der Waals surface area contributed by atoms with Crippen molar-refractivity contribution in [2.24, 2.45) is 0 Å². The summed E-state index contributed by atoms with van der Waals surface area (Å²) in [6, 6.07) is 13.0. The molecule has 1 heterocycles. The highest BCUT2D eigenvalue weighted by molar-refractivity contribution is 5.66. The quantitative estimate of drug-likeness (QED) is 0.678. The Hall–Kier alpha value is -3.14. The number of benzene rings is 2. The summed E-state index contributed by atoms with van der Waals surface area (Å²) in [5.74, 6) is -0.270. The van der Waals surface area contributed by atoms with Crippen LogP contribution in [0, 0.1) is 27.3 Å². The molecule has 2 aromatic carbocycles. The van der Waals surface area contributed by atoms with Gasteiger partial charge >= 0.3 is 0 Å². The van der Waals surface area contributed by atoms with Gasteiger partial charge in [-0.2, -0.15) is 5.26 Å². The third kappa shape index (κ3) is 3.86. The predicted octanol–water partition coefficient (Wildman–Crippen LogP) is 3.69. The van der Waals surface area contributed by atoms with Crippen molar-refractivity contribution in [3.8, 4) is 6.07 Å². The van der Waals surface area contributed by atoms with E-state index in [9.17, 15) is 14.5 Å². The van der Waals surface area contributed by atoms with Crippen LogP contribution in [0.25, 0.3) is 0 Å². The molecule has 1 N–H and O–H groups in total. The number of hydrogen-bond acceptors (Lipinski definition) is 5. The van der Waals surface area contributed by atoms with Gasteiger partial charge in [-0.1, -0.05) is 0 Å². The van der Waals surface area contributed by atoms with E-state index in [0.717, 1.165) is 18.5 Å². The van der Waals surface area contributed by atoms with E-state index in [1.54, 1.807) is 24.3 Å². The van der Waals surface area contributed by atoms with E-state index in [-0.39, 0.29) is 23.1 Å². The van der Waals surface area contributed by atoms with E-state index < -0.39 is 4.92 Å². The molecule has 6 nitrogen and oxygen atoms in total. The average Bonchev–Trinajstić information content (AvgIpc) is 2.64. The Kier molecular flexibility index (Phi) is 4.80. The number of rotatable bonds is 4. The van der Waals surface area contributed by atoms with Gasteiger partial charge in [0.1, 0.15) is 11.5 Å². The molecule has 0 atom stereocenters. The minimum atomic E-state index is -0.445. The van der Waals surface area contributed by atoms with Gasteiger partial charge < -0.3 is 10.2 Å². The van der Waals surface area contributed by atoms with Gasteiger partial charge in [0.05, 0.1) is 16.6 Å². The zero-order valence-corrected chi connectivity index (χ0v) is 13.5. The minimum Gasteiger partial charge on any atom is -0.382 e. The molecule has 7 heteroatoms. The Morgan fingerprint density at radius 1 is 1.20 bits per heavy atom. The van der Waals surface area contributed by atoms with Crippen LogP contribution in [-0.4, -0.2) is 24.1 Å². The Labute approximate surface area is 144 Å². The first-order chi connectivity index (χ1) is 12.1. The molecule has 128 valence electrons. The summed E-state index contributed by atoms with van der Waals surface area (Å²) in [7, 11) is 0. The number of piperidine rings is 1. The number of nitrogens with one attached hydrogen (secondary N) is 1. The van der Waals surface area contributed by atoms with Gasteiger partial charge in [0.25, 0.3) is 5.69 Å². The maximum atomic E-state index is 13.0. The summed E-state index contributed by atoms with van der Waals surface area (Å²) in [4.78, 5) is 12.8. The van der Waals surface area contributed by atoms with Gasteiger partial charge in [0.15, 0.2) is 0 Å². The summed E-state index contributed by atoms with van der Waals surface area (Å²) in [5, 5.41) is 23.6. The average molecular weight is 340 g/mol. The first-order valence-corrected chi connectivity index (χ1v) is 8.02. The van der Waals surface area contributed by atoms with Crippen LogP contribution >= 0.6 is 0 Å². The first kappa shape index (κ1) is 16.7. The number of hydrogen-bond donors (Lipinski definition) is 1. The summed E-state index contributed by atoms with van der Waals surface area (Å²) < 4.78 is 13.0. The Bertz CT molecular complexity index is 809. The SMILES string of the molecule is N#Cc1ccc(N2CCC(Nc3ccc(F)cc3)CC2)c([N+](=O)[O-])c1. The van der Waals surface area contributed by atoms with E-state index in [4.69, 9.17) is 5.26 Å². The van der Waals surface area contributed by atoms with Crippen LogP contribution in [0.4, 0.5) is 21.5 Å². The largest absolute Gasteiger partial charge is 0.382 e. The normalized spacial score (nSPS) is 14.8. The number of nitriles is 1. The lowest BCUT2D eigenvalue weighted by atomic mass is 10.0. The molecular weight excluding hydrogens is 323 g/mol. The molecule has 3 rings (SSSR count). The number of nitro groups is 1. The summed E-state index contributed by atoms with van der Waals surface area (Å²) >= 11 is 0. The topological polar surface area (TPSA) is 82.2 Å². The molecule has 0 amide bonds. The van der Waals surface area contributed by atoms with Gasteiger partial charge in [-0.25, -0.2) is 4.39 Å². The highest BCUT2D eigenvalue weighted by Crippen LogP contribution is 2.31. The van der Waals surface area contributed by atoms with Crippen LogP contribution in [0.15, 0.2) is 42.5 Å². The molecule has 0 spiro atoms. The molecule has 0 saturated carbocycles. The molecule has 1 fully saturated rings. The molecule has 0 bridgehead atoms. The maximum absolute atomic E-state index is 13.0. The molecular formula is C18H17FN4O2. The molecule has 25 heavy (non-hydrogen) atoms. The lowest BCUT2D eigenvalue weighted by Crippen LogP contribution is -2.39. The van der Waals surface area contributed by atoms with E-state index in [0.29, 0.717) is 18.8 Å². The first-order valence-electron chi connectivity index (χ1n) is 8.02. The molecule has 2 aromatic rings. The molecule has 1 aliphatic heterocycles. The van der Waals surface area contributed by atoms with Gasteiger partial charge in [-0.05, 0) is 49.2 Å². The number of nitro benzene ring substituents is 1.